The summed E-state index contributed by atoms with van der Waals surface area (Å²) in [6.07, 6.45) is 4.11. The number of aromatic nitrogens is 1. The van der Waals surface area contributed by atoms with E-state index in [9.17, 15) is 9.59 Å². The Labute approximate surface area is 316 Å². The lowest BCUT2D eigenvalue weighted by Crippen LogP contribution is -2.40. The third kappa shape index (κ3) is 7.94. The molecule has 9 nitrogen and oxygen atoms in total. The Morgan fingerprint density at radius 1 is 0.925 bits per heavy atom. The van der Waals surface area contributed by atoms with Crippen LogP contribution < -0.4 is 33.8 Å². The molecule has 1 aliphatic rings. The van der Waals surface area contributed by atoms with E-state index >= 15 is 0 Å². The number of allylic oxidation sites excluding steroid dienone is 1. The molecule has 1 aromatic heterocycles. The molecule has 0 saturated heterocycles. The van der Waals surface area contributed by atoms with E-state index in [2.05, 4.69) is 6.58 Å². The molecule has 5 aromatic rings. The van der Waals surface area contributed by atoms with E-state index in [0.717, 1.165) is 16.7 Å². The molecule has 4 aromatic carbocycles. The van der Waals surface area contributed by atoms with Crippen LogP contribution in [0.2, 0.25) is 5.02 Å². The molecule has 6 rings (SSSR count). The standard InChI is InChI=1S/C42H39ClN2O7S/c1-6-12-30-21-27(22-34(50-7-2)39(30)52-25-26-15-18-31(43)19-16-26)23-35-40(46)45-38(29-17-20-32(48-4)33(24-29)49-5)36(41(47)51-8-3)37(44-42(45)53-35)28-13-10-9-11-14-28/h6,9-11,13-24,38H,1,7-8,12,25H2,2-5H3/b35-23+/t38-/m1/s1. The van der Waals surface area contributed by atoms with Crippen molar-refractivity contribution in [2.45, 2.75) is 32.9 Å². The van der Waals surface area contributed by atoms with Gasteiger partial charge < -0.3 is 23.7 Å². The van der Waals surface area contributed by atoms with Crippen molar-refractivity contribution in [3.63, 3.8) is 0 Å². The van der Waals surface area contributed by atoms with Crippen molar-refractivity contribution in [3.05, 3.63) is 156 Å². The monoisotopic (exact) mass is 750 g/mol. The van der Waals surface area contributed by atoms with Crippen LogP contribution in [0.15, 0.2) is 113 Å². The highest BCUT2D eigenvalue weighted by molar-refractivity contribution is 7.07. The number of halogens is 1. The summed E-state index contributed by atoms with van der Waals surface area (Å²) in [4.78, 5) is 33.9. The predicted molar refractivity (Wildman–Crippen MR) is 208 cm³/mol. The van der Waals surface area contributed by atoms with Crippen LogP contribution in [0.3, 0.4) is 0 Å². The zero-order chi connectivity index (χ0) is 37.5. The molecule has 11 heteroatoms. The van der Waals surface area contributed by atoms with E-state index in [0.29, 0.717) is 73.8 Å². The molecule has 0 saturated carbocycles. The number of nitrogens with zero attached hydrogens (tertiary/aromatic N) is 2. The van der Waals surface area contributed by atoms with Crippen LogP contribution in [0.25, 0.3) is 11.8 Å². The van der Waals surface area contributed by atoms with Crippen LogP contribution >= 0.6 is 22.9 Å². The Morgan fingerprint density at radius 3 is 2.36 bits per heavy atom. The summed E-state index contributed by atoms with van der Waals surface area (Å²) in [7, 11) is 3.09. The molecular formula is C42H39ClN2O7S. The lowest BCUT2D eigenvalue weighted by atomic mass is 9.93. The van der Waals surface area contributed by atoms with Gasteiger partial charge in [-0.1, -0.05) is 77.5 Å². The van der Waals surface area contributed by atoms with E-state index in [-0.39, 0.29) is 17.7 Å². The number of fused-ring (bicyclic) bond motifs is 1. The second kappa shape index (κ2) is 16.8. The maximum atomic E-state index is 14.6. The summed E-state index contributed by atoms with van der Waals surface area (Å²) in [5, 5.41) is 0.647. The molecule has 0 spiro atoms. The van der Waals surface area contributed by atoms with Gasteiger partial charge in [-0.25, -0.2) is 9.79 Å². The third-order valence-corrected chi connectivity index (χ3v) is 9.74. The Bertz CT molecular complexity index is 2350. The van der Waals surface area contributed by atoms with Gasteiger partial charge in [-0.15, -0.1) is 6.58 Å². The maximum absolute atomic E-state index is 14.6. The van der Waals surface area contributed by atoms with Gasteiger partial charge in [0.1, 0.15) is 6.61 Å². The van der Waals surface area contributed by atoms with Crippen LogP contribution in [0, 0.1) is 0 Å². The number of methoxy groups -OCH3 is 2. The van der Waals surface area contributed by atoms with Gasteiger partial charge in [0.15, 0.2) is 27.8 Å². The van der Waals surface area contributed by atoms with E-state index < -0.39 is 12.0 Å². The van der Waals surface area contributed by atoms with E-state index in [4.69, 9.17) is 40.3 Å². The first-order valence-electron chi connectivity index (χ1n) is 17.1. The highest BCUT2D eigenvalue weighted by Crippen LogP contribution is 2.39. The number of carbonyl (C=O) groups excluding carboxylic acids is 1. The zero-order valence-corrected chi connectivity index (χ0v) is 31.5. The summed E-state index contributed by atoms with van der Waals surface area (Å²) >= 11 is 7.32. The van der Waals surface area contributed by atoms with Gasteiger partial charge in [0.25, 0.3) is 5.56 Å². The fourth-order valence-corrected chi connectivity index (χ4v) is 7.29. The molecule has 0 N–H and O–H groups in total. The largest absolute Gasteiger partial charge is 0.493 e. The maximum Gasteiger partial charge on any atom is 0.338 e. The molecule has 53 heavy (non-hydrogen) atoms. The number of ether oxygens (including phenoxy) is 5. The molecule has 0 aliphatic carbocycles. The molecule has 2 heterocycles. The average molecular weight is 751 g/mol. The molecule has 0 unspecified atom stereocenters. The van der Waals surface area contributed by atoms with Crippen LogP contribution in [-0.4, -0.2) is 38.0 Å². The van der Waals surface area contributed by atoms with Crippen molar-refractivity contribution in [1.29, 1.82) is 0 Å². The van der Waals surface area contributed by atoms with Gasteiger partial charge in [-0.05, 0) is 79.4 Å². The highest BCUT2D eigenvalue weighted by atomic mass is 35.5. The van der Waals surface area contributed by atoms with Crippen LogP contribution in [0.4, 0.5) is 0 Å². The van der Waals surface area contributed by atoms with Crippen LogP contribution in [0.1, 0.15) is 47.7 Å². The Balaban J connectivity index is 1.55. The summed E-state index contributed by atoms with van der Waals surface area (Å²) in [6.45, 7) is 8.45. The quantitative estimate of drug-likeness (QED) is 0.0868. The second-order valence-corrected chi connectivity index (χ2v) is 13.3. The van der Waals surface area contributed by atoms with E-state index in [1.165, 1.54) is 18.4 Å². The fraction of sp³-hybridized carbons (Fsp3) is 0.214. The number of rotatable bonds is 14. The van der Waals surface area contributed by atoms with Gasteiger partial charge >= 0.3 is 5.97 Å². The van der Waals surface area contributed by atoms with Gasteiger partial charge in [-0.2, -0.15) is 0 Å². The smallest absolute Gasteiger partial charge is 0.338 e. The molecule has 0 amide bonds. The fourth-order valence-electron chi connectivity index (χ4n) is 6.17. The Morgan fingerprint density at radius 2 is 1.68 bits per heavy atom. The lowest BCUT2D eigenvalue weighted by Gasteiger charge is -2.26. The summed E-state index contributed by atoms with van der Waals surface area (Å²) in [5.74, 6) is 1.52. The van der Waals surface area contributed by atoms with Crippen molar-refractivity contribution in [1.82, 2.24) is 4.57 Å². The van der Waals surface area contributed by atoms with E-state index in [1.54, 1.807) is 36.8 Å². The second-order valence-electron chi connectivity index (χ2n) is 11.9. The molecule has 0 bridgehead atoms. The Kier molecular flexibility index (Phi) is 11.8. The molecule has 272 valence electrons. The first kappa shape index (κ1) is 37.2. The van der Waals surface area contributed by atoms with Crippen molar-refractivity contribution in [3.8, 4) is 23.0 Å². The normalized spacial score (nSPS) is 13.9. The summed E-state index contributed by atoms with van der Waals surface area (Å²) in [5.41, 5.74) is 4.19. The topological polar surface area (TPSA) is 97.6 Å². The number of esters is 1. The van der Waals surface area contributed by atoms with Gasteiger partial charge in [0, 0.05) is 16.1 Å². The van der Waals surface area contributed by atoms with E-state index in [1.807, 2.05) is 85.8 Å². The minimum absolute atomic E-state index is 0.141. The van der Waals surface area contributed by atoms with Crippen molar-refractivity contribution in [2.24, 2.45) is 4.99 Å². The van der Waals surface area contributed by atoms with Gasteiger partial charge in [-0.3, -0.25) is 9.36 Å². The van der Waals surface area contributed by atoms with Crippen LogP contribution in [-0.2, 0) is 22.6 Å². The predicted octanol–water partition coefficient (Wildman–Crippen LogP) is 7.31. The number of hydrogen-bond acceptors (Lipinski definition) is 9. The van der Waals surface area contributed by atoms with Gasteiger partial charge in [0.2, 0.25) is 0 Å². The Hall–Kier alpha value is -5.58. The minimum atomic E-state index is -0.888. The first-order chi connectivity index (χ1) is 25.8. The van der Waals surface area contributed by atoms with Crippen molar-refractivity contribution >= 4 is 40.7 Å². The number of thiazole rings is 1. The molecular weight excluding hydrogens is 712 g/mol. The minimum Gasteiger partial charge on any atom is -0.493 e. The third-order valence-electron chi connectivity index (χ3n) is 8.51. The van der Waals surface area contributed by atoms with Gasteiger partial charge in [0.05, 0.1) is 49.3 Å². The number of benzene rings is 4. The summed E-state index contributed by atoms with van der Waals surface area (Å²) in [6, 6.07) is 25.1. The number of carbonyl (C=O) groups is 1. The van der Waals surface area contributed by atoms with Crippen LogP contribution in [0.5, 0.6) is 23.0 Å². The molecule has 0 radical (unpaired) electrons. The lowest BCUT2D eigenvalue weighted by molar-refractivity contribution is -0.138. The molecule has 1 atom stereocenters. The number of hydrogen-bond donors (Lipinski definition) is 0. The highest BCUT2D eigenvalue weighted by Gasteiger charge is 2.35. The van der Waals surface area contributed by atoms with Crippen molar-refractivity contribution in [2.75, 3.05) is 27.4 Å². The molecule has 1 aliphatic heterocycles. The average Bonchev–Trinajstić information content (AvgIpc) is 3.48. The SMILES string of the molecule is C=CCc1cc(/C=c2/sc3n(c2=O)[C@H](c2ccc(OC)c(OC)c2)C(C(=O)OCC)=C(c2ccccc2)N=3)cc(OCC)c1OCc1ccc(Cl)cc1. The molecule has 0 fully saturated rings. The van der Waals surface area contributed by atoms with Crippen molar-refractivity contribution < 1.29 is 28.5 Å². The zero-order valence-electron chi connectivity index (χ0n) is 29.9. The first-order valence-corrected chi connectivity index (χ1v) is 18.3. The summed E-state index contributed by atoms with van der Waals surface area (Å²) < 4.78 is 31.1.